The van der Waals surface area contributed by atoms with E-state index in [9.17, 15) is 0 Å². The van der Waals surface area contributed by atoms with Gasteiger partial charge in [0.2, 0.25) is 0 Å². The number of halogens is 1. The highest BCUT2D eigenvalue weighted by Crippen LogP contribution is 2.36. The molecule has 1 aliphatic carbocycles. The van der Waals surface area contributed by atoms with Gasteiger partial charge in [-0.3, -0.25) is 0 Å². The van der Waals surface area contributed by atoms with E-state index in [4.69, 9.17) is 11.6 Å². The molecule has 1 aromatic carbocycles. The van der Waals surface area contributed by atoms with Crippen LogP contribution in [0.25, 0.3) is 0 Å². The molecule has 0 amide bonds. The van der Waals surface area contributed by atoms with Gasteiger partial charge in [0.25, 0.3) is 0 Å². The van der Waals surface area contributed by atoms with Gasteiger partial charge in [-0.25, -0.2) is 0 Å². The molecule has 118 valence electrons. The van der Waals surface area contributed by atoms with Crippen LogP contribution >= 0.6 is 11.6 Å². The summed E-state index contributed by atoms with van der Waals surface area (Å²) in [5.74, 6) is 2.30. The molecular formula is C18H29ClN2. The van der Waals surface area contributed by atoms with Crippen molar-refractivity contribution in [3.05, 3.63) is 23.2 Å². The Morgan fingerprint density at radius 1 is 1.24 bits per heavy atom. The maximum atomic E-state index is 6.39. The molecular weight excluding hydrogens is 280 g/mol. The van der Waals surface area contributed by atoms with Crippen molar-refractivity contribution in [1.82, 2.24) is 0 Å². The smallest absolute Gasteiger partial charge is 0.0659 e. The van der Waals surface area contributed by atoms with Crippen molar-refractivity contribution < 1.29 is 0 Å². The SMILES string of the molecule is CC1CCC(C(C)C)C(Nc2ccc(N(C)C)c(Cl)c2)C1. The summed E-state index contributed by atoms with van der Waals surface area (Å²) in [6.07, 6.45) is 3.96. The summed E-state index contributed by atoms with van der Waals surface area (Å²) < 4.78 is 0. The van der Waals surface area contributed by atoms with Crippen molar-refractivity contribution >= 4 is 23.0 Å². The Bertz CT molecular complexity index is 470. The van der Waals surface area contributed by atoms with E-state index in [2.05, 4.69) is 44.3 Å². The first kappa shape index (κ1) is 16.5. The third kappa shape index (κ3) is 4.06. The molecule has 0 spiro atoms. The van der Waals surface area contributed by atoms with E-state index in [1.54, 1.807) is 0 Å². The van der Waals surface area contributed by atoms with Gasteiger partial charge in [0, 0.05) is 25.8 Å². The Hall–Kier alpha value is -0.890. The van der Waals surface area contributed by atoms with Crippen molar-refractivity contribution in [3.63, 3.8) is 0 Å². The summed E-state index contributed by atoms with van der Waals surface area (Å²) in [7, 11) is 4.04. The quantitative estimate of drug-likeness (QED) is 0.814. The van der Waals surface area contributed by atoms with E-state index in [0.717, 1.165) is 34.2 Å². The maximum Gasteiger partial charge on any atom is 0.0659 e. The van der Waals surface area contributed by atoms with E-state index in [0.29, 0.717) is 6.04 Å². The highest BCUT2D eigenvalue weighted by molar-refractivity contribution is 6.33. The summed E-state index contributed by atoms with van der Waals surface area (Å²) in [6, 6.07) is 6.88. The summed E-state index contributed by atoms with van der Waals surface area (Å²) >= 11 is 6.39. The third-order valence-electron chi connectivity index (χ3n) is 4.80. The lowest BCUT2D eigenvalue weighted by Crippen LogP contribution is -2.37. The number of nitrogens with one attached hydrogen (secondary N) is 1. The van der Waals surface area contributed by atoms with Gasteiger partial charge < -0.3 is 10.2 Å². The number of nitrogens with zero attached hydrogens (tertiary/aromatic N) is 1. The van der Waals surface area contributed by atoms with E-state index in [1.165, 1.54) is 19.3 Å². The molecule has 1 saturated carbocycles. The molecule has 1 N–H and O–H groups in total. The van der Waals surface area contributed by atoms with Crippen LogP contribution < -0.4 is 10.2 Å². The van der Waals surface area contributed by atoms with Gasteiger partial charge in [-0.2, -0.15) is 0 Å². The minimum atomic E-state index is 0.565. The number of rotatable bonds is 4. The van der Waals surface area contributed by atoms with Gasteiger partial charge in [0.05, 0.1) is 10.7 Å². The van der Waals surface area contributed by atoms with E-state index in [-0.39, 0.29) is 0 Å². The van der Waals surface area contributed by atoms with Crippen molar-refractivity contribution in [2.75, 3.05) is 24.3 Å². The van der Waals surface area contributed by atoms with Crippen LogP contribution in [-0.4, -0.2) is 20.1 Å². The minimum absolute atomic E-state index is 0.565. The first-order valence-electron chi connectivity index (χ1n) is 8.12. The van der Waals surface area contributed by atoms with E-state index in [1.807, 2.05) is 19.0 Å². The fourth-order valence-electron chi connectivity index (χ4n) is 3.54. The summed E-state index contributed by atoms with van der Waals surface area (Å²) in [5.41, 5.74) is 2.22. The standard InChI is InChI=1S/C18H29ClN2/c1-12(2)15-8-6-13(3)10-17(15)20-14-7-9-18(21(4)5)16(19)11-14/h7,9,11-13,15,17,20H,6,8,10H2,1-5H3. The molecule has 21 heavy (non-hydrogen) atoms. The Morgan fingerprint density at radius 2 is 1.95 bits per heavy atom. The first-order chi connectivity index (χ1) is 9.88. The summed E-state index contributed by atoms with van der Waals surface area (Å²) in [6.45, 7) is 7.06. The van der Waals surface area contributed by atoms with Gasteiger partial charge in [-0.1, -0.05) is 38.8 Å². The van der Waals surface area contributed by atoms with Gasteiger partial charge in [0.1, 0.15) is 0 Å². The van der Waals surface area contributed by atoms with Gasteiger partial charge in [-0.05, 0) is 48.8 Å². The zero-order valence-corrected chi connectivity index (χ0v) is 14.7. The largest absolute Gasteiger partial charge is 0.382 e. The molecule has 1 aliphatic rings. The normalized spacial score (nSPS) is 26.0. The zero-order valence-electron chi connectivity index (χ0n) is 14.0. The Morgan fingerprint density at radius 3 is 2.52 bits per heavy atom. The summed E-state index contributed by atoms with van der Waals surface area (Å²) in [5, 5.41) is 4.56. The van der Waals surface area contributed by atoms with E-state index < -0.39 is 0 Å². The lowest BCUT2D eigenvalue weighted by molar-refractivity contribution is 0.212. The number of benzene rings is 1. The molecule has 2 nitrogen and oxygen atoms in total. The summed E-state index contributed by atoms with van der Waals surface area (Å²) in [4.78, 5) is 2.05. The second-order valence-corrected chi connectivity index (χ2v) is 7.54. The Kier molecular flexibility index (Phi) is 5.43. The molecule has 0 radical (unpaired) electrons. The lowest BCUT2D eigenvalue weighted by atomic mass is 9.74. The number of anilines is 2. The second-order valence-electron chi connectivity index (χ2n) is 7.14. The van der Waals surface area contributed by atoms with Crippen molar-refractivity contribution in [1.29, 1.82) is 0 Å². The predicted molar refractivity (Wildman–Crippen MR) is 94.5 cm³/mol. The Balaban J connectivity index is 2.13. The molecule has 3 heteroatoms. The van der Waals surface area contributed by atoms with Crippen LogP contribution in [0.2, 0.25) is 5.02 Å². The first-order valence-corrected chi connectivity index (χ1v) is 8.49. The average Bonchev–Trinajstić information content (AvgIpc) is 2.37. The average molecular weight is 309 g/mol. The van der Waals surface area contributed by atoms with E-state index >= 15 is 0 Å². The van der Waals surface area contributed by atoms with Crippen LogP contribution in [0.3, 0.4) is 0 Å². The van der Waals surface area contributed by atoms with Crippen LogP contribution in [-0.2, 0) is 0 Å². The van der Waals surface area contributed by atoms with Crippen molar-refractivity contribution in [3.8, 4) is 0 Å². The molecule has 1 aromatic rings. The minimum Gasteiger partial charge on any atom is -0.382 e. The molecule has 0 heterocycles. The molecule has 1 fully saturated rings. The lowest BCUT2D eigenvalue weighted by Gasteiger charge is -2.38. The fraction of sp³-hybridized carbons (Fsp3) is 0.667. The number of hydrogen-bond acceptors (Lipinski definition) is 2. The van der Waals surface area contributed by atoms with Gasteiger partial charge in [-0.15, -0.1) is 0 Å². The van der Waals surface area contributed by atoms with Crippen molar-refractivity contribution in [2.24, 2.45) is 17.8 Å². The van der Waals surface area contributed by atoms with Crippen LogP contribution in [0.15, 0.2) is 18.2 Å². The molecule has 3 unspecified atom stereocenters. The zero-order chi connectivity index (χ0) is 15.6. The molecule has 0 bridgehead atoms. The fourth-order valence-corrected chi connectivity index (χ4v) is 3.89. The monoisotopic (exact) mass is 308 g/mol. The van der Waals surface area contributed by atoms with Crippen LogP contribution in [0, 0.1) is 17.8 Å². The maximum absolute atomic E-state index is 6.39. The Labute approximate surface area is 134 Å². The molecule has 0 aliphatic heterocycles. The topological polar surface area (TPSA) is 15.3 Å². The molecule has 3 atom stereocenters. The second kappa shape index (κ2) is 6.91. The van der Waals surface area contributed by atoms with Gasteiger partial charge >= 0.3 is 0 Å². The van der Waals surface area contributed by atoms with Crippen LogP contribution in [0.5, 0.6) is 0 Å². The van der Waals surface area contributed by atoms with Gasteiger partial charge in [0.15, 0.2) is 0 Å². The highest BCUT2D eigenvalue weighted by atomic mass is 35.5. The molecule has 2 rings (SSSR count). The highest BCUT2D eigenvalue weighted by Gasteiger charge is 2.30. The van der Waals surface area contributed by atoms with Crippen LogP contribution in [0.1, 0.15) is 40.0 Å². The molecule has 0 saturated heterocycles. The molecule has 0 aromatic heterocycles. The third-order valence-corrected chi connectivity index (χ3v) is 5.11. The van der Waals surface area contributed by atoms with Crippen molar-refractivity contribution in [2.45, 2.75) is 46.1 Å². The van der Waals surface area contributed by atoms with Crippen LogP contribution in [0.4, 0.5) is 11.4 Å². The predicted octanol–water partition coefficient (Wildman–Crippen LogP) is 5.28. The number of hydrogen-bond donors (Lipinski definition) is 1.